The molecule has 1 aliphatic carbocycles. The molecule has 146 valence electrons. The van der Waals surface area contributed by atoms with Crippen LogP contribution in [0.25, 0.3) is 0 Å². The minimum atomic E-state index is -0.589. The number of nitrogens with zero attached hydrogens (tertiary/aromatic N) is 1. The van der Waals surface area contributed by atoms with Crippen molar-refractivity contribution < 1.29 is 19.5 Å². The van der Waals surface area contributed by atoms with Gasteiger partial charge in [0.05, 0.1) is 12.6 Å². The molecular formula is C22H24N2O4. The summed E-state index contributed by atoms with van der Waals surface area (Å²) in [5.41, 5.74) is 3.85. The highest BCUT2D eigenvalue weighted by Crippen LogP contribution is 2.36. The second-order valence-corrected chi connectivity index (χ2v) is 7.45. The minimum absolute atomic E-state index is 0.0761. The van der Waals surface area contributed by atoms with E-state index in [9.17, 15) is 9.59 Å². The number of carbonyl (C=O) groups excluding carboxylic acids is 2. The van der Waals surface area contributed by atoms with Crippen molar-refractivity contribution in [2.75, 3.05) is 6.61 Å². The van der Waals surface area contributed by atoms with Gasteiger partial charge in [-0.1, -0.05) is 49.2 Å². The zero-order valence-electron chi connectivity index (χ0n) is 15.6. The standard InChI is InChI=1S/C22H24N2O4/c25-21(23-27)17-10-11-18-13-24(22(26)16-8-4-5-9-16)19(14-28-20(18)12-17)15-6-2-1-3-7-15/h1-3,6-7,10-12,16,19,27H,4-5,8-9,13-14H2,(H,23,25). The van der Waals surface area contributed by atoms with E-state index in [1.165, 1.54) is 0 Å². The van der Waals surface area contributed by atoms with Gasteiger partial charge >= 0.3 is 0 Å². The van der Waals surface area contributed by atoms with Gasteiger partial charge in [0.1, 0.15) is 12.4 Å². The van der Waals surface area contributed by atoms with E-state index in [4.69, 9.17) is 9.94 Å². The maximum absolute atomic E-state index is 13.3. The molecule has 1 atom stereocenters. The number of nitrogens with one attached hydrogen (secondary N) is 1. The Kier molecular flexibility index (Phi) is 5.30. The number of hydrogen-bond acceptors (Lipinski definition) is 4. The Morgan fingerprint density at radius 3 is 2.54 bits per heavy atom. The van der Waals surface area contributed by atoms with Gasteiger partial charge in [-0.05, 0) is 30.5 Å². The summed E-state index contributed by atoms with van der Waals surface area (Å²) in [7, 11) is 0. The average Bonchev–Trinajstić information content (AvgIpc) is 3.21. The number of carbonyl (C=O) groups is 2. The lowest BCUT2D eigenvalue weighted by Gasteiger charge is -2.31. The van der Waals surface area contributed by atoms with Crippen LogP contribution in [-0.2, 0) is 11.3 Å². The maximum atomic E-state index is 13.3. The van der Waals surface area contributed by atoms with Crippen molar-refractivity contribution in [3.63, 3.8) is 0 Å². The molecule has 2 aromatic carbocycles. The van der Waals surface area contributed by atoms with Gasteiger partial charge in [0.15, 0.2) is 0 Å². The zero-order valence-corrected chi connectivity index (χ0v) is 15.6. The molecule has 1 saturated carbocycles. The molecule has 0 spiro atoms. The van der Waals surface area contributed by atoms with Crippen LogP contribution in [0.15, 0.2) is 48.5 Å². The van der Waals surface area contributed by atoms with Crippen molar-refractivity contribution in [1.82, 2.24) is 10.4 Å². The molecule has 0 bridgehead atoms. The third kappa shape index (κ3) is 3.60. The van der Waals surface area contributed by atoms with E-state index in [0.29, 0.717) is 24.5 Å². The highest BCUT2D eigenvalue weighted by Gasteiger charge is 2.35. The van der Waals surface area contributed by atoms with E-state index in [2.05, 4.69) is 0 Å². The molecule has 2 amide bonds. The Morgan fingerprint density at radius 2 is 1.82 bits per heavy atom. The molecule has 4 rings (SSSR count). The average molecular weight is 380 g/mol. The van der Waals surface area contributed by atoms with Crippen molar-refractivity contribution >= 4 is 11.8 Å². The summed E-state index contributed by atoms with van der Waals surface area (Å²) < 4.78 is 6.04. The highest BCUT2D eigenvalue weighted by atomic mass is 16.5. The Labute approximate surface area is 164 Å². The number of fused-ring (bicyclic) bond motifs is 1. The van der Waals surface area contributed by atoms with Gasteiger partial charge in [0, 0.05) is 17.0 Å². The van der Waals surface area contributed by atoms with Crippen molar-refractivity contribution in [2.45, 2.75) is 38.3 Å². The third-order valence-corrected chi connectivity index (χ3v) is 5.72. The number of ether oxygens (including phenoxy) is 1. The number of hydroxylamine groups is 1. The largest absolute Gasteiger partial charge is 0.491 e. The Balaban J connectivity index is 1.69. The third-order valence-electron chi connectivity index (χ3n) is 5.72. The molecule has 1 unspecified atom stereocenters. The maximum Gasteiger partial charge on any atom is 0.274 e. The first kappa shape index (κ1) is 18.5. The molecule has 2 N–H and O–H groups in total. The van der Waals surface area contributed by atoms with E-state index in [1.807, 2.05) is 35.2 Å². The van der Waals surface area contributed by atoms with Crippen LogP contribution in [0, 0.1) is 5.92 Å². The zero-order chi connectivity index (χ0) is 19.5. The molecule has 0 saturated heterocycles. The summed E-state index contributed by atoms with van der Waals surface area (Å²) in [5.74, 6) is 0.241. The number of rotatable bonds is 3. The molecule has 2 aromatic rings. The van der Waals surface area contributed by atoms with E-state index >= 15 is 0 Å². The fourth-order valence-corrected chi connectivity index (χ4v) is 4.17. The van der Waals surface area contributed by atoms with Gasteiger partial charge in [-0.2, -0.15) is 0 Å². The normalized spacial score (nSPS) is 19.5. The van der Waals surface area contributed by atoms with Crippen LogP contribution in [-0.4, -0.2) is 28.5 Å². The lowest BCUT2D eigenvalue weighted by Crippen LogP contribution is -2.39. The summed E-state index contributed by atoms with van der Waals surface area (Å²) in [6.45, 7) is 0.755. The molecule has 0 aromatic heterocycles. The number of amides is 2. The Hall–Kier alpha value is -2.86. The molecule has 0 radical (unpaired) electrons. The first-order chi connectivity index (χ1) is 13.7. The second kappa shape index (κ2) is 8.02. The second-order valence-electron chi connectivity index (χ2n) is 7.45. The van der Waals surface area contributed by atoms with E-state index in [0.717, 1.165) is 36.8 Å². The van der Waals surface area contributed by atoms with Crippen LogP contribution in [0.5, 0.6) is 5.75 Å². The SMILES string of the molecule is O=C(NO)c1ccc2c(c1)OCC(c1ccccc1)N(C(=O)C1CCCC1)C2. The van der Waals surface area contributed by atoms with Crippen molar-refractivity contribution in [3.05, 3.63) is 65.2 Å². The Bertz CT molecular complexity index is 862. The van der Waals surface area contributed by atoms with Gasteiger partial charge in [-0.25, -0.2) is 5.48 Å². The van der Waals surface area contributed by atoms with Gasteiger partial charge in [0.25, 0.3) is 5.91 Å². The first-order valence-corrected chi connectivity index (χ1v) is 9.73. The summed E-state index contributed by atoms with van der Waals surface area (Å²) in [6, 6.07) is 14.8. The van der Waals surface area contributed by atoms with Crippen LogP contribution in [0.2, 0.25) is 0 Å². The van der Waals surface area contributed by atoms with E-state index in [-0.39, 0.29) is 17.9 Å². The fourth-order valence-electron chi connectivity index (χ4n) is 4.17. The topological polar surface area (TPSA) is 78.9 Å². The van der Waals surface area contributed by atoms with E-state index in [1.54, 1.807) is 23.7 Å². The fraction of sp³-hybridized carbons (Fsp3) is 0.364. The summed E-state index contributed by atoms with van der Waals surface area (Å²) in [5, 5.41) is 8.88. The summed E-state index contributed by atoms with van der Waals surface area (Å²) in [4.78, 5) is 27.0. The lowest BCUT2D eigenvalue weighted by atomic mass is 10.0. The van der Waals surface area contributed by atoms with E-state index < -0.39 is 5.91 Å². The van der Waals surface area contributed by atoms with Crippen molar-refractivity contribution in [2.24, 2.45) is 5.92 Å². The minimum Gasteiger partial charge on any atom is -0.491 e. The predicted octanol–water partition coefficient (Wildman–Crippen LogP) is 3.46. The van der Waals surface area contributed by atoms with Crippen LogP contribution in [0.1, 0.15) is 53.2 Å². The van der Waals surface area contributed by atoms with Crippen LogP contribution < -0.4 is 10.2 Å². The molecule has 1 aliphatic heterocycles. The van der Waals surface area contributed by atoms with Gasteiger partial charge in [0.2, 0.25) is 5.91 Å². The van der Waals surface area contributed by atoms with Gasteiger partial charge in [-0.15, -0.1) is 0 Å². The number of benzene rings is 2. The number of hydrogen-bond donors (Lipinski definition) is 2. The van der Waals surface area contributed by atoms with Crippen LogP contribution >= 0.6 is 0 Å². The van der Waals surface area contributed by atoms with Crippen LogP contribution in [0.4, 0.5) is 0 Å². The molecular weight excluding hydrogens is 356 g/mol. The smallest absolute Gasteiger partial charge is 0.274 e. The molecule has 6 heteroatoms. The molecule has 1 heterocycles. The van der Waals surface area contributed by atoms with Gasteiger partial charge < -0.3 is 9.64 Å². The molecule has 1 fully saturated rings. The molecule has 6 nitrogen and oxygen atoms in total. The summed E-state index contributed by atoms with van der Waals surface area (Å²) in [6.07, 6.45) is 4.10. The monoisotopic (exact) mass is 380 g/mol. The van der Waals surface area contributed by atoms with Gasteiger partial charge in [-0.3, -0.25) is 14.8 Å². The molecule has 2 aliphatic rings. The van der Waals surface area contributed by atoms with Crippen molar-refractivity contribution in [3.8, 4) is 5.75 Å². The molecule has 28 heavy (non-hydrogen) atoms. The summed E-state index contributed by atoms with van der Waals surface area (Å²) >= 11 is 0. The lowest BCUT2D eigenvalue weighted by molar-refractivity contribution is -0.139. The predicted molar refractivity (Wildman–Crippen MR) is 103 cm³/mol. The highest BCUT2D eigenvalue weighted by molar-refractivity contribution is 5.93. The quantitative estimate of drug-likeness (QED) is 0.631. The van der Waals surface area contributed by atoms with Crippen LogP contribution in [0.3, 0.4) is 0 Å². The Morgan fingerprint density at radius 1 is 1.07 bits per heavy atom. The van der Waals surface area contributed by atoms with Crippen molar-refractivity contribution in [1.29, 1.82) is 0 Å². The first-order valence-electron chi connectivity index (χ1n) is 9.73.